The Morgan fingerprint density at radius 3 is 2.03 bits per heavy atom. The van der Waals surface area contributed by atoms with Crippen LogP contribution in [0.4, 0.5) is 5.69 Å². The van der Waals surface area contributed by atoms with Crippen molar-refractivity contribution in [2.75, 3.05) is 11.9 Å². The molecule has 0 aromatic heterocycles. The number of halogens is 1. The number of carbonyl (C=O) groups is 3. The van der Waals surface area contributed by atoms with Gasteiger partial charge in [0.15, 0.2) is 0 Å². The number of rotatable bonds is 6. The lowest BCUT2D eigenvalue weighted by Crippen LogP contribution is -2.34. The fourth-order valence-electron chi connectivity index (χ4n) is 3.77. The molecule has 0 bridgehead atoms. The number of benzene rings is 2. The summed E-state index contributed by atoms with van der Waals surface area (Å²) in [5.41, 5.74) is 0.625. The Kier molecular flexibility index (Phi) is 5.99. The number of carbonyl (C=O) groups excluding carboxylic acids is 3. The lowest BCUT2D eigenvalue weighted by molar-refractivity contribution is -0.140. The Balaban J connectivity index is 1.28. The number of nitrogens with one attached hydrogen (secondary N) is 1. The van der Waals surface area contributed by atoms with E-state index in [0.29, 0.717) is 30.0 Å². The first-order valence-corrected chi connectivity index (χ1v) is 10.6. The first-order chi connectivity index (χ1) is 14.5. The normalized spacial score (nSPS) is 20.2. The molecule has 7 heteroatoms. The van der Waals surface area contributed by atoms with Crippen molar-refractivity contribution in [2.45, 2.75) is 19.3 Å². The molecule has 0 saturated carbocycles. The molecule has 2 aromatic carbocycles. The van der Waals surface area contributed by atoms with Crippen LogP contribution in [0.3, 0.4) is 0 Å². The highest BCUT2D eigenvalue weighted by Gasteiger charge is 2.46. The molecular weight excluding hydrogens is 448 g/mol. The van der Waals surface area contributed by atoms with Crippen LogP contribution in [0.5, 0.6) is 11.5 Å². The van der Waals surface area contributed by atoms with E-state index in [1.165, 1.54) is 4.90 Å². The third-order valence-corrected chi connectivity index (χ3v) is 5.88. The molecule has 6 nitrogen and oxygen atoms in total. The van der Waals surface area contributed by atoms with Gasteiger partial charge in [0, 0.05) is 23.1 Å². The fourth-order valence-corrected chi connectivity index (χ4v) is 4.04. The summed E-state index contributed by atoms with van der Waals surface area (Å²) in [7, 11) is 0. The summed E-state index contributed by atoms with van der Waals surface area (Å²) in [5.74, 6) is 0.288. The summed E-state index contributed by atoms with van der Waals surface area (Å²) in [6, 6.07) is 14.5. The number of ether oxygens (including phenoxy) is 1. The zero-order chi connectivity index (χ0) is 21.1. The van der Waals surface area contributed by atoms with Gasteiger partial charge < -0.3 is 10.1 Å². The van der Waals surface area contributed by atoms with Crippen molar-refractivity contribution >= 4 is 39.3 Å². The number of hydrogen-bond acceptors (Lipinski definition) is 4. The van der Waals surface area contributed by atoms with E-state index in [0.717, 1.165) is 4.47 Å². The van der Waals surface area contributed by atoms with Gasteiger partial charge >= 0.3 is 0 Å². The lowest BCUT2D eigenvalue weighted by atomic mass is 9.85. The van der Waals surface area contributed by atoms with Gasteiger partial charge in [0.1, 0.15) is 11.5 Å². The molecule has 30 heavy (non-hydrogen) atoms. The van der Waals surface area contributed by atoms with Crippen LogP contribution in [0.25, 0.3) is 0 Å². The molecule has 3 amide bonds. The van der Waals surface area contributed by atoms with Crippen molar-refractivity contribution in [2.24, 2.45) is 11.8 Å². The molecule has 1 heterocycles. The van der Waals surface area contributed by atoms with E-state index in [-0.39, 0.29) is 42.5 Å². The maximum Gasteiger partial charge on any atom is 0.233 e. The van der Waals surface area contributed by atoms with Gasteiger partial charge in [-0.15, -0.1) is 0 Å². The van der Waals surface area contributed by atoms with Crippen molar-refractivity contribution in [3.63, 3.8) is 0 Å². The van der Waals surface area contributed by atoms with E-state index in [2.05, 4.69) is 21.2 Å². The van der Waals surface area contributed by atoms with Crippen molar-refractivity contribution < 1.29 is 19.1 Å². The second-order valence-electron chi connectivity index (χ2n) is 7.36. The Hall–Kier alpha value is -2.93. The minimum Gasteiger partial charge on any atom is -0.457 e. The molecule has 1 aliphatic carbocycles. The summed E-state index contributed by atoms with van der Waals surface area (Å²) < 4.78 is 6.73. The first-order valence-electron chi connectivity index (χ1n) is 9.85. The van der Waals surface area contributed by atoms with E-state index in [4.69, 9.17) is 4.74 Å². The van der Waals surface area contributed by atoms with Crippen LogP contribution < -0.4 is 10.1 Å². The van der Waals surface area contributed by atoms with Crippen molar-refractivity contribution in [3.05, 3.63) is 65.2 Å². The quantitative estimate of drug-likeness (QED) is 0.499. The molecule has 154 valence electrons. The Morgan fingerprint density at radius 2 is 1.47 bits per heavy atom. The number of amides is 3. The monoisotopic (exact) mass is 468 g/mol. The van der Waals surface area contributed by atoms with Crippen molar-refractivity contribution in [1.29, 1.82) is 0 Å². The molecule has 1 aliphatic heterocycles. The third kappa shape index (κ3) is 4.46. The number of imide groups is 1. The molecule has 0 spiro atoms. The SMILES string of the molecule is O=C(CCN1C(=O)[C@@H]2CC=CC[C@H]2C1=O)Nc1ccc(Oc2ccc(Br)cc2)cc1. The molecule has 2 atom stereocenters. The van der Waals surface area contributed by atoms with Gasteiger partial charge in [-0.05, 0) is 61.4 Å². The average molecular weight is 469 g/mol. The number of likely N-dealkylation sites (tertiary alicyclic amines) is 1. The maximum atomic E-state index is 12.5. The van der Waals surface area contributed by atoms with Crippen LogP contribution in [0.2, 0.25) is 0 Å². The topological polar surface area (TPSA) is 75.7 Å². The zero-order valence-corrected chi connectivity index (χ0v) is 17.8. The van der Waals surface area contributed by atoms with Gasteiger partial charge in [-0.1, -0.05) is 28.1 Å². The molecule has 1 N–H and O–H groups in total. The van der Waals surface area contributed by atoms with Crippen LogP contribution >= 0.6 is 15.9 Å². The summed E-state index contributed by atoms with van der Waals surface area (Å²) in [6.07, 6.45) is 5.18. The molecule has 4 rings (SSSR count). The largest absolute Gasteiger partial charge is 0.457 e. The van der Waals surface area contributed by atoms with E-state index < -0.39 is 0 Å². The van der Waals surface area contributed by atoms with Gasteiger partial charge in [0.05, 0.1) is 11.8 Å². The van der Waals surface area contributed by atoms with E-state index in [9.17, 15) is 14.4 Å². The number of fused-ring (bicyclic) bond motifs is 1. The summed E-state index contributed by atoms with van der Waals surface area (Å²) in [6.45, 7) is 0.112. The Bertz CT molecular complexity index is 959. The predicted molar refractivity (Wildman–Crippen MR) is 116 cm³/mol. The lowest BCUT2D eigenvalue weighted by Gasteiger charge is -2.14. The zero-order valence-electron chi connectivity index (χ0n) is 16.2. The third-order valence-electron chi connectivity index (χ3n) is 5.35. The smallest absolute Gasteiger partial charge is 0.233 e. The van der Waals surface area contributed by atoms with Gasteiger partial charge in [0.25, 0.3) is 0 Å². The van der Waals surface area contributed by atoms with Gasteiger partial charge in [-0.3, -0.25) is 19.3 Å². The van der Waals surface area contributed by atoms with E-state index in [1.807, 2.05) is 36.4 Å². The van der Waals surface area contributed by atoms with E-state index in [1.54, 1.807) is 24.3 Å². The average Bonchev–Trinajstić information content (AvgIpc) is 3.00. The maximum absolute atomic E-state index is 12.5. The Labute approximate surface area is 183 Å². The standard InChI is InChI=1S/C23H21BrN2O4/c24-15-5-9-17(10-6-15)30-18-11-7-16(8-12-18)25-21(27)13-14-26-22(28)19-3-1-2-4-20(19)23(26)29/h1-2,5-12,19-20H,3-4,13-14H2,(H,25,27)/t19-,20-/m1/s1. The van der Waals surface area contributed by atoms with Crippen LogP contribution in [0.1, 0.15) is 19.3 Å². The van der Waals surface area contributed by atoms with Crippen molar-refractivity contribution in [1.82, 2.24) is 4.90 Å². The first kappa shape index (κ1) is 20.3. The fraction of sp³-hybridized carbons (Fsp3) is 0.261. The minimum atomic E-state index is -0.260. The second kappa shape index (κ2) is 8.83. The Morgan fingerprint density at radius 1 is 0.933 bits per heavy atom. The number of nitrogens with zero attached hydrogens (tertiary/aromatic N) is 1. The highest BCUT2D eigenvalue weighted by Crippen LogP contribution is 2.35. The van der Waals surface area contributed by atoms with Gasteiger partial charge in [-0.2, -0.15) is 0 Å². The van der Waals surface area contributed by atoms with E-state index >= 15 is 0 Å². The molecule has 1 saturated heterocycles. The highest BCUT2D eigenvalue weighted by molar-refractivity contribution is 9.10. The number of hydrogen-bond donors (Lipinski definition) is 1. The molecule has 2 aliphatic rings. The summed E-state index contributed by atoms with van der Waals surface area (Å²) >= 11 is 3.38. The highest BCUT2D eigenvalue weighted by atomic mass is 79.9. The van der Waals surface area contributed by atoms with Crippen LogP contribution in [-0.4, -0.2) is 29.2 Å². The van der Waals surface area contributed by atoms with Crippen LogP contribution in [0, 0.1) is 11.8 Å². The molecule has 2 aromatic rings. The van der Waals surface area contributed by atoms with Crippen LogP contribution in [-0.2, 0) is 14.4 Å². The predicted octanol–water partition coefficient (Wildman–Crippen LogP) is 4.52. The summed E-state index contributed by atoms with van der Waals surface area (Å²) in [5, 5.41) is 2.79. The molecule has 0 unspecified atom stereocenters. The molecule has 1 fully saturated rings. The van der Waals surface area contributed by atoms with Gasteiger partial charge in [0.2, 0.25) is 17.7 Å². The van der Waals surface area contributed by atoms with Gasteiger partial charge in [-0.25, -0.2) is 0 Å². The van der Waals surface area contributed by atoms with Crippen molar-refractivity contribution in [3.8, 4) is 11.5 Å². The summed E-state index contributed by atoms with van der Waals surface area (Å²) in [4.78, 5) is 38.4. The van der Waals surface area contributed by atoms with Crippen LogP contribution in [0.15, 0.2) is 65.2 Å². The molecule has 0 radical (unpaired) electrons. The number of anilines is 1. The second-order valence-corrected chi connectivity index (χ2v) is 8.28. The number of allylic oxidation sites excluding steroid dienone is 2. The molecular formula is C23H21BrN2O4. The minimum absolute atomic E-state index is 0.0709.